The topological polar surface area (TPSA) is 61.7 Å². The molecule has 0 unspecified atom stereocenters. The number of phenols is 1. The fourth-order valence-corrected chi connectivity index (χ4v) is 3.02. The molecular weight excluding hydrogens is 355 g/mol. The summed E-state index contributed by atoms with van der Waals surface area (Å²) < 4.78 is 0. The fraction of sp³-hybridized carbons (Fsp3) is 0.125. The minimum absolute atomic E-state index is 0.128. The molecule has 2 aromatic carbocycles. The van der Waals surface area contributed by atoms with Crippen molar-refractivity contribution in [2.75, 3.05) is 5.75 Å². The van der Waals surface area contributed by atoms with E-state index in [2.05, 4.69) is 10.5 Å². The van der Waals surface area contributed by atoms with Gasteiger partial charge >= 0.3 is 0 Å². The molecule has 1 amide bonds. The van der Waals surface area contributed by atoms with E-state index < -0.39 is 0 Å². The molecule has 0 fully saturated rings. The van der Waals surface area contributed by atoms with Crippen LogP contribution in [0.15, 0.2) is 47.6 Å². The van der Waals surface area contributed by atoms with Crippen LogP contribution in [0.25, 0.3) is 0 Å². The first-order chi connectivity index (χ1) is 11.1. The van der Waals surface area contributed by atoms with Crippen LogP contribution >= 0.6 is 35.0 Å². The van der Waals surface area contributed by atoms with Crippen molar-refractivity contribution in [3.05, 3.63) is 63.6 Å². The third-order valence-electron chi connectivity index (χ3n) is 2.80. The van der Waals surface area contributed by atoms with Crippen LogP contribution in [0.4, 0.5) is 0 Å². The Kier molecular flexibility index (Phi) is 6.77. The Hall–Kier alpha value is -1.69. The second-order valence-electron chi connectivity index (χ2n) is 4.60. The summed E-state index contributed by atoms with van der Waals surface area (Å²) in [7, 11) is 0. The molecule has 0 aliphatic heterocycles. The highest BCUT2D eigenvalue weighted by Gasteiger charge is 2.06. The highest BCUT2D eigenvalue weighted by atomic mass is 35.5. The number of rotatable bonds is 6. The molecule has 7 heteroatoms. The number of phenolic OH excluding ortho intramolecular Hbond substituents is 1. The average Bonchev–Trinajstić information content (AvgIpc) is 2.53. The van der Waals surface area contributed by atoms with Crippen LogP contribution in [-0.2, 0) is 10.5 Å². The predicted octanol–water partition coefficient (Wildman–Crippen LogP) is 4.08. The van der Waals surface area contributed by atoms with Crippen LogP contribution in [0.2, 0.25) is 10.0 Å². The maximum absolute atomic E-state index is 11.7. The van der Waals surface area contributed by atoms with Crippen molar-refractivity contribution in [2.45, 2.75) is 5.75 Å². The molecule has 23 heavy (non-hydrogen) atoms. The van der Waals surface area contributed by atoms with E-state index >= 15 is 0 Å². The summed E-state index contributed by atoms with van der Waals surface area (Å²) in [4.78, 5) is 11.7. The number of thioether (sulfide) groups is 1. The second-order valence-corrected chi connectivity index (χ2v) is 6.43. The molecule has 0 bridgehead atoms. The smallest absolute Gasteiger partial charge is 0.250 e. The number of nitrogens with one attached hydrogen (secondary N) is 1. The van der Waals surface area contributed by atoms with Crippen molar-refractivity contribution in [1.29, 1.82) is 0 Å². The summed E-state index contributed by atoms with van der Waals surface area (Å²) in [5.74, 6) is 0.680. The molecule has 0 aliphatic rings. The van der Waals surface area contributed by atoms with Gasteiger partial charge in [-0.1, -0.05) is 53.5 Å². The Morgan fingerprint density at radius 3 is 2.74 bits per heavy atom. The number of amides is 1. The van der Waals surface area contributed by atoms with Gasteiger partial charge in [0, 0.05) is 16.3 Å². The van der Waals surface area contributed by atoms with Crippen molar-refractivity contribution >= 4 is 47.1 Å². The summed E-state index contributed by atoms with van der Waals surface area (Å²) in [6.07, 6.45) is 1.30. The van der Waals surface area contributed by atoms with Crippen LogP contribution < -0.4 is 5.43 Å². The first kappa shape index (κ1) is 17.7. The van der Waals surface area contributed by atoms with Crippen molar-refractivity contribution in [3.8, 4) is 5.75 Å². The molecule has 2 rings (SSSR count). The van der Waals surface area contributed by atoms with E-state index in [1.54, 1.807) is 0 Å². The Morgan fingerprint density at radius 1 is 1.26 bits per heavy atom. The third kappa shape index (κ3) is 5.78. The van der Waals surface area contributed by atoms with Crippen molar-refractivity contribution in [3.63, 3.8) is 0 Å². The zero-order chi connectivity index (χ0) is 16.7. The van der Waals surface area contributed by atoms with Crippen LogP contribution in [0.1, 0.15) is 11.1 Å². The number of carbonyl (C=O) groups is 1. The lowest BCUT2D eigenvalue weighted by molar-refractivity contribution is -0.118. The Balaban J connectivity index is 1.80. The summed E-state index contributed by atoms with van der Waals surface area (Å²) in [6, 6.07) is 12.8. The first-order valence-electron chi connectivity index (χ1n) is 6.68. The van der Waals surface area contributed by atoms with Gasteiger partial charge in [0.05, 0.1) is 17.0 Å². The highest BCUT2D eigenvalue weighted by Crippen LogP contribution is 2.29. The van der Waals surface area contributed by atoms with Gasteiger partial charge < -0.3 is 5.11 Å². The first-order valence-corrected chi connectivity index (χ1v) is 8.59. The predicted molar refractivity (Wildman–Crippen MR) is 96.5 cm³/mol. The Morgan fingerprint density at radius 2 is 2.00 bits per heavy atom. The summed E-state index contributed by atoms with van der Waals surface area (Å²) in [6.45, 7) is 0. The van der Waals surface area contributed by atoms with Crippen molar-refractivity contribution in [2.24, 2.45) is 5.10 Å². The van der Waals surface area contributed by atoms with Gasteiger partial charge in [-0.3, -0.25) is 4.79 Å². The van der Waals surface area contributed by atoms with E-state index in [-0.39, 0.29) is 22.4 Å². The number of hydrogen-bond donors (Lipinski definition) is 2. The van der Waals surface area contributed by atoms with Crippen LogP contribution in [0.5, 0.6) is 5.75 Å². The van der Waals surface area contributed by atoms with Crippen LogP contribution in [-0.4, -0.2) is 23.0 Å². The SMILES string of the molecule is O=C(CSCc1ccccc1)NN=Cc1cc(Cl)cc(Cl)c1O. The molecule has 0 spiro atoms. The minimum Gasteiger partial charge on any atom is -0.506 e. The normalized spacial score (nSPS) is 10.9. The van der Waals surface area contributed by atoms with Gasteiger partial charge in [-0.25, -0.2) is 5.43 Å². The van der Waals surface area contributed by atoms with Gasteiger partial charge in [0.1, 0.15) is 5.75 Å². The average molecular weight is 369 g/mol. The molecule has 120 valence electrons. The van der Waals surface area contributed by atoms with Crippen molar-refractivity contribution in [1.82, 2.24) is 5.43 Å². The van der Waals surface area contributed by atoms with E-state index in [0.717, 1.165) is 11.3 Å². The summed E-state index contributed by atoms with van der Waals surface area (Å²) in [5, 5.41) is 14.1. The summed E-state index contributed by atoms with van der Waals surface area (Å²) >= 11 is 13.1. The van der Waals surface area contributed by atoms with Gasteiger partial charge in [0.2, 0.25) is 5.91 Å². The number of nitrogens with zero attached hydrogens (tertiary/aromatic N) is 1. The molecule has 0 atom stereocenters. The number of carbonyl (C=O) groups excluding carboxylic acids is 1. The van der Waals surface area contributed by atoms with Gasteiger partial charge in [-0.05, 0) is 17.7 Å². The molecule has 0 radical (unpaired) electrons. The molecule has 0 saturated carbocycles. The number of halogens is 2. The number of benzene rings is 2. The molecule has 0 aromatic heterocycles. The van der Waals surface area contributed by atoms with Crippen molar-refractivity contribution < 1.29 is 9.90 Å². The summed E-state index contributed by atoms with van der Waals surface area (Å²) in [5.41, 5.74) is 3.89. The molecule has 0 saturated heterocycles. The van der Waals surface area contributed by atoms with E-state index in [1.807, 2.05) is 30.3 Å². The van der Waals surface area contributed by atoms with Gasteiger partial charge in [-0.15, -0.1) is 11.8 Å². The molecule has 0 heterocycles. The molecule has 2 aromatic rings. The monoisotopic (exact) mass is 368 g/mol. The molecule has 4 nitrogen and oxygen atoms in total. The third-order valence-corrected chi connectivity index (χ3v) is 4.31. The lowest BCUT2D eigenvalue weighted by Crippen LogP contribution is -2.19. The number of aromatic hydroxyl groups is 1. The standard InChI is InChI=1S/C16H14Cl2N2O2S/c17-13-6-12(16(22)14(18)7-13)8-19-20-15(21)10-23-9-11-4-2-1-3-5-11/h1-8,22H,9-10H2,(H,20,21). The molecule has 2 N–H and O–H groups in total. The fourth-order valence-electron chi connectivity index (χ4n) is 1.73. The van der Waals surface area contributed by atoms with E-state index in [4.69, 9.17) is 23.2 Å². The lowest BCUT2D eigenvalue weighted by Gasteiger charge is -2.03. The van der Waals surface area contributed by atoms with Gasteiger partial charge in [0.25, 0.3) is 0 Å². The lowest BCUT2D eigenvalue weighted by atomic mass is 10.2. The van der Waals surface area contributed by atoms with E-state index in [9.17, 15) is 9.90 Å². The Labute approximate surface area is 148 Å². The van der Waals surface area contributed by atoms with E-state index in [1.165, 1.54) is 30.1 Å². The molecular formula is C16H14Cl2N2O2S. The Bertz CT molecular complexity index is 709. The zero-order valence-corrected chi connectivity index (χ0v) is 14.3. The number of hydrogen-bond acceptors (Lipinski definition) is 4. The van der Waals surface area contributed by atoms with Gasteiger partial charge in [-0.2, -0.15) is 5.10 Å². The zero-order valence-electron chi connectivity index (χ0n) is 12.0. The maximum atomic E-state index is 11.7. The maximum Gasteiger partial charge on any atom is 0.250 e. The molecule has 0 aliphatic carbocycles. The van der Waals surface area contributed by atoms with E-state index in [0.29, 0.717) is 10.6 Å². The quantitative estimate of drug-likeness (QED) is 0.596. The highest BCUT2D eigenvalue weighted by molar-refractivity contribution is 7.99. The van der Waals surface area contributed by atoms with Gasteiger partial charge in [0.15, 0.2) is 0 Å². The van der Waals surface area contributed by atoms with Crippen LogP contribution in [0.3, 0.4) is 0 Å². The largest absolute Gasteiger partial charge is 0.506 e. The second kappa shape index (κ2) is 8.82. The number of hydrazone groups is 1. The van der Waals surface area contributed by atoms with Crippen LogP contribution in [0, 0.1) is 0 Å². The minimum atomic E-state index is -0.227.